The van der Waals surface area contributed by atoms with Crippen LogP contribution in [0.25, 0.3) is 0 Å². The van der Waals surface area contributed by atoms with Gasteiger partial charge in [-0.2, -0.15) is 0 Å². The molecule has 0 heterocycles. The van der Waals surface area contributed by atoms with Gasteiger partial charge in [0.2, 0.25) is 0 Å². The molecule has 0 aromatic heterocycles. The number of hydrogen-bond acceptors (Lipinski definition) is 3. The van der Waals surface area contributed by atoms with Crippen LogP contribution in [-0.2, 0) is 11.2 Å². The number of benzene rings is 2. The van der Waals surface area contributed by atoms with Crippen LogP contribution >= 0.6 is 0 Å². The third kappa shape index (κ3) is 10.6. The largest absolute Gasteiger partial charge is 0.423 e. The topological polar surface area (TPSA) is 35.5 Å². The van der Waals surface area contributed by atoms with Gasteiger partial charge >= 0.3 is 5.97 Å². The predicted molar refractivity (Wildman–Crippen MR) is 138 cm³/mol. The minimum Gasteiger partial charge on any atom is -0.423 e. The summed E-state index contributed by atoms with van der Waals surface area (Å²) in [6.07, 6.45) is 15.2. The second-order valence-corrected chi connectivity index (χ2v) is 9.06. The SMILES string of the molecule is CCCCCCCCCCCCOC(C)c1ccc(C(=O)Oc2ccccc2CCC)cc1. The summed E-state index contributed by atoms with van der Waals surface area (Å²) in [6, 6.07) is 15.4. The molecule has 3 nitrogen and oxygen atoms in total. The Morgan fingerprint density at radius 1 is 0.758 bits per heavy atom. The fraction of sp³-hybridized carbons (Fsp3) is 0.567. The summed E-state index contributed by atoms with van der Waals surface area (Å²) >= 11 is 0. The summed E-state index contributed by atoms with van der Waals surface area (Å²) in [5.41, 5.74) is 2.72. The molecule has 0 saturated carbocycles. The minimum absolute atomic E-state index is 0.0268. The van der Waals surface area contributed by atoms with E-state index in [4.69, 9.17) is 9.47 Å². The van der Waals surface area contributed by atoms with Gasteiger partial charge in [0.05, 0.1) is 11.7 Å². The van der Waals surface area contributed by atoms with E-state index in [0.717, 1.165) is 37.0 Å². The van der Waals surface area contributed by atoms with Gasteiger partial charge in [-0.15, -0.1) is 0 Å². The number of unbranched alkanes of at least 4 members (excludes halogenated alkanes) is 9. The molecule has 0 aliphatic rings. The quantitative estimate of drug-likeness (QED) is 0.137. The number of esters is 1. The van der Waals surface area contributed by atoms with Crippen LogP contribution in [0.1, 0.15) is 119 Å². The molecule has 0 spiro atoms. The highest BCUT2D eigenvalue weighted by atomic mass is 16.5. The smallest absolute Gasteiger partial charge is 0.343 e. The molecule has 2 aromatic carbocycles. The monoisotopic (exact) mass is 452 g/mol. The van der Waals surface area contributed by atoms with E-state index in [9.17, 15) is 4.79 Å². The van der Waals surface area contributed by atoms with Crippen LogP contribution < -0.4 is 4.74 Å². The van der Waals surface area contributed by atoms with E-state index < -0.39 is 0 Å². The van der Waals surface area contributed by atoms with Crippen molar-refractivity contribution in [1.82, 2.24) is 0 Å². The fourth-order valence-corrected chi connectivity index (χ4v) is 4.07. The number of ether oxygens (including phenoxy) is 2. The average Bonchev–Trinajstić information content (AvgIpc) is 2.84. The molecule has 33 heavy (non-hydrogen) atoms. The van der Waals surface area contributed by atoms with Crippen molar-refractivity contribution < 1.29 is 14.3 Å². The van der Waals surface area contributed by atoms with Crippen LogP contribution in [0.15, 0.2) is 48.5 Å². The van der Waals surface area contributed by atoms with Crippen LogP contribution in [0.4, 0.5) is 0 Å². The van der Waals surface area contributed by atoms with Gasteiger partial charge < -0.3 is 9.47 Å². The molecule has 0 aliphatic heterocycles. The molecule has 1 unspecified atom stereocenters. The van der Waals surface area contributed by atoms with E-state index in [1.807, 2.05) is 48.5 Å². The molecule has 1 atom stereocenters. The summed E-state index contributed by atoms with van der Waals surface area (Å²) < 4.78 is 11.7. The molecule has 0 bridgehead atoms. The zero-order chi connectivity index (χ0) is 23.7. The van der Waals surface area contributed by atoms with E-state index in [0.29, 0.717) is 11.3 Å². The lowest BCUT2D eigenvalue weighted by Crippen LogP contribution is -2.10. The maximum Gasteiger partial charge on any atom is 0.343 e. The van der Waals surface area contributed by atoms with Crippen molar-refractivity contribution >= 4 is 5.97 Å². The molecule has 2 aromatic rings. The van der Waals surface area contributed by atoms with E-state index >= 15 is 0 Å². The van der Waals surface area contributed by atoms with Gasteiger partial charge in [0, 0.05) is 6.61 Å². The third-order valence-electron chi connectivity index (χ3n) is 6.18. The lowest BCUT2D eigenvalue weighted by molar-refractivity contribution is 0.0626. The lowest BCUT2D eigenvalue weighted by Gasteiger charge is -2.14. The molecule has 3 heteroatoms. The highest BCUT2D eigenvalue weighted by Crippen LogP contribution is 2.22. The van der Waals surface area contributed by atoms with E-state index in [1.165, 1.54) is 57.8 Å². The molecule has 0 amide bonds. The highest BCUT2D eigenvalue weighted by Gasteiger charge is 2.13. The van der Waals surface area contributed by atoms with E-state index in [2.05, 4.69) is 20.8 Å². The van der Waals surface area contributed by atoms with Crippen molar-refractivity contribution in [1.29, 1.82) is 0 Å². The fourth-order valence-electron chi connectivity index (χ4n) is 4.07. The van der Waals surface area contributed by atoms with Crippen molar-refractivity contribution in [3.8, 4) is 5.75 Å². The first-order valence-corrected chi connectivity index (χ1v) is 13.2. The van der Waals surface area contributed by atoms with Crippen LogP contribution in [0.5, 0.6) is 5.75 Å². The predicted octanol–water partition coefficient (Wildman–Crippen LogP) is 8.86. The number of rotatable bonds is 17. The first-order valence-electron chi connectivity index (χ1n) is 13.2. The van der Waals surface area contributed by atoms with Crippen LogP contribution in [0.2, 0.25) is 0 Å². The standard InChI is InChI=1S/C30H44O3/c1-4-6-7-8-9-10-11-12-13-16-24-32-25(3)26-20-22-28(23-21-26)30(31)33-29-19-15-14-18-27(29)17-5-2/h14-15,18-23,25H,4-13,16-17,24H2,1-3H3. The zero-order valence-corrected chi connectivity index (χ0v) is 21.1. The van der Waals surface area contributed by atoms with Gasteiger partial charge in [-0.05, 0) is 49.1 Å². The normalized spacial score (nSPS) is 12.0. The Balaban J connectivity index is 1.66. The molecule has 2 rings (SSSR count). The Hall–Kier alpha value is -2.13. The average molecular weight is 453 g/mol. The second-order valence-electron chi connectivity index (χ2n) is 9.06. The highest BCUT2D eigenvalue weighted by molar-refractivity contribution is 5.91. The van der Waals surface area contributed by atoms with Crippen LogP contribution in [0, 0.1) is 0 Å². The minimum atomic E-state index is -0.316. The number of aryl methyl sites for hydroxylation is 1. The lowest BCUT2D eigenvalue weighted by atomic mass is 10.1. The van der Waals surface area contributed by atoms with Gasteiger partial charge in [-0.1, -0.05) is 108 Å². The number of para-hydroxylation sites is 1. The Labute approximate surface area is 201 Å². The van der Waals surface area contributed by atoms with Gasteiger partial charge in [0.15, 0.2) is 0 Å². The summed E-state index contributed by atoms with van der Waals surface area (Å²) in [5, 5.41) is 0. The maximum atomic E-state index is 12.6. The summed E-state index contributed by atoms with van der Waals surface area (Å²) in [7, 11) is 0. The molecular weight excluding hydrogens is 408 g/mol. The molecule has 0 saturated heterocycles. The van der Waals surface area contributed by atoms with Gasteiger partial charge in [-0.25, -0.2) is 4.79 Å². The summed E-state index contributed by atoms with van der Waals surface area (Å²) in [6.45, 7) is 7.25. The van der Waals surface area contributed by atoms with Crippen LogP contribution in [0.3, 0.4) is 0 Å². The molecule has 0 aliphatic carbocycles. The molecule has 182 valence electrons. The Morgan fingerprint density at radius 2 is 1.36 bits per heavy atom. The van der Waals surface area contributed by atoms with E-state index in [-0.39, 0.29) is 12.1 Å². The first-order chi connectivity index (χ1) is 16.2. The van der Waals surface area contributed by atoms with Crippen molar-refractivity contribution in [2.75, 3.05) is 6.61 Å². The van der Waals surface area contributed by atoms with Gasteiger partial charge in [0.1, 0.15) is 5.75 Å². The first kappa shape index (κ1) is 27.1. The molecule has 0 fully saturated rings. The number of carbonyl (C=O) groups is 1. The Bertz CT molecular complexity index is 781. The van der Waals surface area contributed by atoms with Gasteiger partial charge in [-0.3, -0.25) is 0 Å². The summed E-state index contributed by atoms with van der Waals surface area (Å²) in [4.78, 5) is 12.6. The van der Waals surface area contributed by atoms with E-state index in [1.54, 1.807) is 0 Å². The molecular formula is C30H44O3. The van der Waals surface area contributed by atoms with Crippen molar-refractivity contribution in [2.45, 2.75) is 104 Å². The third-order valence-corrected chi connectivity index (χ3v) is 6.18. The summed E-state index contributed by atoms with van der Waals surface area (Å²) in [5.74, 6) is 0.339. The Morgan fingerprint density at radius 3 is 2.00 bits per heavy atom. The van der Waals surface area contributed by atoms with Crippen LogP contribution in [-0.4, -0.2) is 12.6 Å². The number of carbonyl (C=O) groups excluding carboxylic acids is 1. The molecule has 0 N–H and O–H groups in total. The van der Waals surface area contributed by atoms with Gasteiger partial charge in [0.25, 0.3) is 0 Å². The zero-order valence-electron chi connectivity index (χ0n) is 21.1. The Kier molecular flexibility index (Phi) is 13.5. The van der Waals surface area contributed by atoms with Crippen molar-refractivity contribution in [3.05, 3.63) is 65.2 Å². The molecule has 0 radical (unpaired) electrons. The second kappa shape index (κ2) is 16.5. The maximum absolute atomic E-state index is 12.6. The van der Waals surface area contributed by atoms with Crippen molar-refractivity contribution in [2.24, 2.45) is 0 Å². The van der Waals surface area contributed by atoms with Crippen molar-refractivity contribution in [3.63, 3.8) is 0 Å². The number of hydrogen-bond donors (Lipinski definition) is 0.